The minimum atomic E-state index is -0.691. The van der Waals surface area contributed by atoms with Crippen molar-refractivity contribution in [2.24, 2.45) is 0 Å². The van der Waals surface area contributed by atoms with Crippen molar-refractivity contribution >= 4 is 0 Å². The molecule has 0 aromatic rings. The molecule has 134 valence electrons. The second kappa shape index (κ2) is 6.55. The van der Waals surface area contributed by atoms with Gasteiger partial charge in [-0.3, -0.25) is 0 Å². The molecule has 0 saturated carbocycles. The van der Waals surface area contributed by atoms with Crippen LogP contribution in [0.1, 0.15) is 34.1 Å². The largest absolute Gasteiger partial charge is 0.373 e. The molecule has 5 atom stereocenters. The highest BCUT2D eigenvalue weighted by Gasteiger charge is 2.54. The summed E-state index contributed by atoms with van der Waals surface area (Å²) in [5, 5.41) is 0. The number of methoxy groups -OCH3 is 1. The second-order valence-electron chi connectivity index (χ2n) is 7.17. The van der Waals surface area contributed by atoms with Crippen LogP contribution < -0.4 is 0 Å². The van der Waals surface area contributed by atoms with Gasteiger partial charge in [0.1, 0.15) is 31.2 Å². The van der Waals surface area contributed by atoms with Gasteiger partial charge in [0.25, 0.3) is 0 Å². The molecule has 0 aromatic carbocycles. The van der Waals surface area contributed by atoms with Gasteiger partial charge in [-0.15, -0.1) is 0 Å². The molecule has 0 amide bonds. The summed E-state index contributed by atoms with van der Waals surface area (Å²) in [5.41, 5.74) is 0. The molecule has 3 heterocycles. The third-order valence-corrected chi connectivity index (χ3v) is 4.36. The lowest BCUT2D eigenvalue weighted by Crippen LogP contribution is -2.47. The fourth-order valence-electron chi connectivity index (χ4n) is 3.47. The van der Waals surface area contributed by atoms with Crippen LogP contribution in [0.3, 0.4) is 0 Å². The third kappa shape index (κ3) is 3.87. The molecule has 0 aromatic heterocycles. The summed E-state index contributed by atoms with van der Waals surface area (Å²) in [5.74, 6) is -1.29. The van der Waals surface area contributed by atoms with Crippen LogP contribution in [-0.2, 0) is 33.2 Å². The molecule has 0 N–H and O–H groups in total. The van der Waals surface area contributed by atoms with Gasteiger partial charge in [0, 0.05) is 13.7 Å². The topological polar surface area (TPSA) is 64.6 Å². The maximum atomic E-state index is 6.13. The predicted molar refractivity (Wildman–Crippen MR) is 79.8 cm³/mol. The lowest BCUT2D eigenvalue weighted by molar-refractivity contribution is -0.177. The summed E-state index contributed by atoms with van der Waals surface area (Å²) in [6.45, 7) is 8.96. The summed E-state index contributed by atoms with van der Waals surface area (Å²) in [7, 11) is 1.61. The lowest BCUT2D eigenvalue weighted by Gasteiger charge is -2.29. The van der Waals surface area contributed by atoms with Crippen molar-refractivity contribution < 1.29 is 33.2 Å². The molecule has 3 fully saturated rings. The molecule has 3 aliphatic heterocycles. The van der Waals surface area contributed by atoms with E-state index in [1.807, 2.05) is 27.7 Å². The summed E-state index contributed by atoms with van der Waals surface area (Å²) < 4.78 is 40.6. The Morgan fingerprint density at radius 1 is 0.957 bits per heavy atom. The monoisotopic (exact) mass is 332 g/mol. The Bertz CT molecular complexity index is 411. The summed E-state index contributed by atoms with van der Waals surface area (Å²) >= 11 is 0. The Hall–Kier alpha value is -0.280. The van der Waals surface area contributed by atoms with E-state index in [1.165, 1.54) is 0 Å². The van der Waals surface area contributed by atoms with E-state index in [2.05, 4.69) is 0 Å². The summed E-state index contributed by atoms with van der Waals surface area (Å²) in [6.07, 6.45) is -0.182. The number of rotatable bonds is 5. The Morgan fingerprint density at radius 2 is 1.70 bits per heavy atom. The van der Waals surface area contributed by atoms with Crippen LogP contribution in [0.2, 0.25) is 0 Å². The van der Waals surface area contributed by atoms with Crippen LogP contribution in [0, 0.1) is 0 Å². The van der Waals surface area contributed by atoms with Crippen molar-refractivity contribution in [1.29, 1.82) is 0 Å². The van der Waals surface area contributed by atoms with Crippen molar-refractivity contribution in [2.75, 3.05) is 27.1 Å². The average Bonchev–Trinajstić information content (AvgIpc) is 3.13. The van der Waals surface area contributed by atoms with E-state index >= 15 is 0 Å². The van der Waals surface area contributed by atoms with Crippen molar-refractivity contribution in [3.8, 4) is 0 Å². The molecule has 7 heteroatoms. The first-order valence-corrected chi connectivity index (χ1v) is 8.21. The van der Waals surface area contributed by atoms with Gasteiger partial charge in [-0.25, -0.2) is 0 Å². The van der Waals surface area contributed by atoms with Crippen LogP contribution in [0.15, 0.2) is 0 Å². The van der Waals surface area contributed by atoms with Crippen LogP contribution in [0.4, 0.5) is 0 Å². The van der Waals surface area contributed by atoms with E-state index in [4.69, 9.17) is 33.2 Å². The van der Waals surface area contributed by atoms with Gasteiger partial charge in [0.15, 0.2) is 11.6 Å². The minimum absolute atomic E-state index is 0.0738. The van der Waals surface area contributed by atoms with Gasteiger partial charge >= 0.3 is 0 Å². The Balaban J connectivity index is 1.73. The van der Waals surface area contributed by atoms with E-state index in [-0.39, 0.29) is 37.3 Å². The third-order valence-electron chi connectivity index (χ3n) is 4.36. The van der Waals surface area contributed by atoms with E-state index < -0.39 is 11.6 Å². The van der Waals surface area contributed by atoms with Gasteiger partial charge in [-0.2, -0.15) is 0 Å². The van der Waals surface area contributed by atoms with E-state index in [0.29, 0.717) is 13.2 Å². The van der Waals surface area contributed by atoms with E-state index in [0.717, 1.165) is 6.42 Å². The number of ether oxygens (including phenoxy) is 7. The minimum Gasteiger partial charge on any atom is -0.373 e. The first kappa shape index (κ1) is 17.5. The van der Waals surface area contributed by atoms with Crippen LogP contribution in [0.25, 0.3) is 0 Å². The van der Waals surface area contributed by atoms with Gasteiger partial charge < -0.3 is 33.2 Å². The van der Waals surface area contributed by atoms with Crippen molar-refractivity contribution in [1.82, 2.24) is 0 Å². The zero-order valence-electron chi connectivity index (χ0n) is 14.6. The number of hydrogen-bond donors (Lipinski definition) is 0. The highest BCUT2D eigenvalue weighted by molar-refractivity contribution is 4.98. The molecule has 0 radical (unpaired) electrons. The Morgan fingerprint density at radius 3 is 2.35 bits per heavy atom. The van der Waals surface area contributed by atoms with Gasteiger partial charge in [0.2, 0.25) is 0 Å². The van der Waals surface area contributed by atoms with Crippen molar-refractivity contribution in [3.05, 3.63) is 0 Å². The Labute approximate surface area is 137 Å². The van der Waals surface area contributed by atoms with E-state index in [9.17, 15) is 0 Å². The molecule has 7 nitrogen and oxygen atoms in total. The van der Waals surface area contributed by atoms with Crippen molar-refractivity contribution in [2.45, 2.75) is 76.2 Å². The second-order valence-corrected chi connectivity index (χ2v) is 7.17. The fourth-order valence-corrected chi connectivity index (χ4v) is 3.47. The number of hydrogen-bond acceptors (Lipinski definition) is 7. The highest BCUT2D eigenvalue weighted by atomic mass is 16.8. The summed E-state index contributed by atoms with van der Waals surface area (Å²) in [4.78, 5) is 0. The molecule has 0 bridgehead atoms. The predicted octanol–water partition coefficient (Wildman–Crippen LogP) is 1.44. The summed E-state index contributed by atoms with van der Waals surface area (Å²) in [6, 6.07) is 0. The van der Waals surface area contributed by atoms with E-state index in [1.54, 1.807) is 7.11 Å². The standard InChI is InChI=1S/C16H28O7/c1-15(2)20-8-11(21-15)13-14(23-16(3,4)22-13)12-10(6-7-18-12)19-9-17-5/h10-14H,6-9H2,1-5H3. The Kier molecular flexibility index (Phi) is 5.00. The van der Waals surface area contributed by atoms with Crippen LogP contribution in [-0.4, -0.2) is 69.2 Å². The molecule has 0 aliphatic carbocycles. The van der Waals surface area contributed by atoms with Gasteiger partial charge in [-0.05, 0) is 34.1 Å². The van der Waals surface area contributed by atoms with Crippen molar-refractivity contribution in [3.63, 3.8) is 0 Å². The van der Waals surface area contributed by atoms with Gasteiger partial charge in [0.05, 0.1) is 12.7 Å². The quantitative estimate of drug-likeness (QED) is 0.706. The van der Waals surface area contributed by atoms with Crippen LogP contribution in [0.5, 0.6) is 0 Å². The average molecular weight is 332 g/mol. The molecule has 3 rings (SSSR count). The molecular weight excluding hydrogens is 304 g/mol. The molecular formula is C16H28O7. The first-order valence-electron chi connectivity index (χ1n) is 8.21. The smallest absolute Gasteiger partial charge is 0.164 e. The zero-order chi connectivity index (χ0) is 16.7. The molecule has 5 unspecified atom stereocenters. The molecule has 3 aliphatic rings. The van der Waals surface area contributed by atoms with Gasteiger partial charge in [-0.1, -0.05) is 0 Å². The first-order chi connectivity index (χ1) is 10.8. The molecule has 23 heavy (non-hydrogen) atoms. The molecule has 0 spiro atoms. The maximum Gasteiger partial charge on any atom is 0.164 e. The highest BCUT2D eigenvalue weighted by Crippen LogP contribution is 2.39. The van der Waals surface area contributed by atoms with Crippen LogP contribution >= 0.6 is 0 Å². The SMILES string of the molecule is COCOC1CCOC1C1OC(C)(C)OC1C1COC(C)(C)O1. The fraction of sp³-hybridized carbons (Fsp3) is 1.00. The maximum absolute atomic E-state index is 6.13. The molecule has 3 saturated heterocycles. The normalized spacial score (nSPS) is 42.4. The lowest BCUT2D eigenvalue weighted by atomic mass is 9.99. The zero-order valence-corrected chi connectivity index (χ0v) is 14.6.